The average molecular weight is 405 g/mol. The first-order valence-electron chi connectivity index (χ1n) is 11.0. The van der Waals surface area contributed by atoms with Crippen molar-refractivity contribution in [2.45, 2.75) is 43.9 Å². The summed E-state index contributed by atoms with van der Waals surface area (Å²) in [5, 5.41) is 3.82. The topological polar surface area (TPSA) is 59.8 Å². The van der Waals surface area contributed by atoms with Crippen LogP contribution in [-0.4, -0.2) is 48.3 Å². The summed E-state index contributed by atoms with van der Waals surface area (Å²) >= 11 is 0. The molecule has 3 unspecified atom stereocenters. The number of morpholine rings is 1. The van der Waals surface area contributed by atoms with Crippen molar-refractivity contribution in [3.05, 3.63) is 53.9 Å². The Labute approximate surface area is 176 Å². The molecule has 30 heavy (non-hydrogen) atoms. The maximum Gasteiger partial charge on any atom is 0.198 e. The number of ether oxygens (including phenoxy) is 2. The van der Waals surface area contributed by atoms with Crippen molar-refractivity contribution in [1.82, 2.24) is 9.88 Å². The summed E-state index contributed by atoms with van der Waals surface area (Å²) < 4.78 is 18.2. The van der Waals surface area contributed by atoms with Gasteiger partial charge in [0.25, 0.3) is 0 Å². The minimum atomic E-state index is 0.0975. The Morgan fingerprint density at radius 2 is 2.00 bits per heavy atom. The molecule has 6 heteroatoms. The number of fused-ring (bicyclic) bond motifs is 2. The predicted molar refractivity (Wildman–Crippen MR) is 115 cm³/mol. The number of hydrogen-bond donors (Lipinski definition) is 1. The van der Waals surface area contributed by atoms with Gasteiger partial charge >= 0.3 is 0 Å². The van der Waals surface area contributed by atoms with Crippen molar-refractivity contribution >= 4 is 16.8 Å². The molecular weight excluding hydrogens is 378 g/mol. The molecule has 1 aromatic heterocycles. The molecule has 1 saturated heterocycles. The average Bonchev–Trinajstić information content (AvgIpc) is 3.53. The molecule has 2 aliphatic heterocycles. The molecule has 156 valence electrons. The second-order valence-corrected chi connectivity index (χ2v) is 8.69. The van der Waals surface area contributed by atoms with E-state index in [0.717, 1.165) is 48.1 Å². The lowest BCUT2D eigenvalue weighted by atomic mass is 9.94. The molecule has 1 aliphatic carbocycles. The third kappa shape index (κ3) is 3.24. The van der Waals surface area contributed by atoms with Gasteiger partial charge in [-0.25, -0.2) is 4.98 Å². The Hall–Kier alpha value is -2.57. The zero-order chi connectivity index (χ0) is 20.1. The van der Waals surface area contributed by atoms with Crippen molar-refractivity contribution < 1.29 is 13.9 Å². The van der Waals surface area contributed by atoms with Crippen molar-refractivity contribution in [1.29, 1.82) is 0 Å². The molecule has 3 aliphatic rings. The summed E-state index contributed by atoms with van der Waals surface area (Å²) in [6.45, 7) is 5.38. The van der Waals surface area contributed by atoms with Gasteiger partial charge in [-0.15, -0.1) is 0 Å². The highest BCUT2D eigenvalue weighted by Crippen LogP contribution is 2.43. The maximum atomic E-state index is 6.21. The van der Waals surface area contributed by atoms with Crippen molar-refractivity contribution in [3.63, 3.8) is 0 Å². The molecule has 3 atom stereocenters. The minimum Gasteiger partial charge on any atom is -0.491 e. The highest BCUT2D eigenvalue weighted by Gasteiger charge is 2.37. The lowest BCUT2D eigenvalue weighted by Crippen LogP contribution is -2.54. The van der Waals surface area contributed by atoms with Crippen molar-refractivity contribution in [2.24, 2.45) is 0 Å². The molecule has 6 rings (SSSR count). The standard InChI is InChI=1S/C24H27N3O3/c1-15-13-27(11-12-28-15)20-14-29-21-8-3-2-5-17(21)22(20)25-18-6-4-7-19-23(18)30-24(26-19)16-9-10-16/h2-8,15-16,20,22,25H,9-14H2,1H3. The zero-order valence-corrected chi connectivity index (χ0v) is 17.2. The third-order valence-corrected chi connectivity index (χ3v) is 6.46. The lowest BCUT2D eigenvalue weighted by molar-refractivity contribution is -0.0465. The predicted octanol–water partition coefficient (Wildman–Crippen LogP) is 4.34. The molecule has 2 fully saturated rings. The number of nitrogens with one attached hydrogen (secondary N) is 1. The Morgan fingerprint density at radius 3 is 2.87 bits per heavy atom. The monoisotopic (exact) mass is 405 g/mol. The van der Waals surface area contributed by atoms with Gasteiger partial charge < -0.3 is 19.2 Å². The van der Waals surface area contributed by atoms with Crippen LogP contribution < -0.4 is 10.1 Å². The third-order valence-electron chi connectivity index (χ3n) is 6.46. The molecule has 1 saturated carbocycles. The first-order chi connectivity index (χ1) is 14.8. The number of benzene rings is 2. The van der Waals surface area contributed by atoms with Gasteiger partial charge in [-0.1, -0.05) is 24.3 Å². The van der Waals surface area contributed by atoms with E-state index < -0.39 is 0 Å². The number of oxazole rings is 1. The molecule has 1 N–H and O–H groups in total. The SMILES string of the molecule is CC1CN(C2COc3ccccc3C2Nc2cccc3nc(C4CC4)oc23)CCO1. The highest BCUT2D eigenvalue weighted by atomic mass is 16.5. The summed E-state index contributed by atoms with van der Waals surface area (Å²) in [7, 11) is 0. The summed E-state index contributed by atoms with van der Waals surface area (Å²) in [6, 6.07) is 14.8. The second-order valence-electron chi connectivity index (χ2n) is 8.69. The Kier molecular flexibility index (Phi) is 4.43. The number of anilines is 1. The van der Waals surface area contributed by atoms with Crippen LogP contribution in [0.3, 0.4) is 0 Å². The van der Waals surface area contributed by atoms with E-state index in [2.05, 4.69) is 47.5 Å². The van der Waals surface area contributed by atoms with Crippen LogP contribution in [0.25, 0.3) is 11.1 Å². The Morgan fingerprint density at radius 1 is 1.10 bits per heavy atom. The quantitative estimate of drug-likeness (QED) is 0.697. The van der Waals surface area contributed by atoms with Crippen LogP contribution in [0.15, 0.2) is 46.9 Å². The molecule has 2 aromatic carbocycles. The van der Waals surface area contributed by atoms with E-state index in [1.165, 1.54) is 18.4 Å². The van der Waals surface area contributed by atoms with Gasteiger partial charge in [-0.2, -0.15) is 0 Å². The molecule has 0 bridgehead atoms. The Balaban J connectivity index is 1.38. The Bertz CT molecular complexity index is 1060. The molecule has 6 nitrogen and oxygen atoms in total. The summed E-state index contributed by atoms with van der Waals surface area (Å²) in [4.78, 5) is 7.23. The number of para-hydroxylation sites is 2. The van der Waals surface area contributed by atoms with Crippen molar-refractivity contribution in [3.8, 4) is 5.75 Å². The van der Waals surface area contributed by atoms with E-state index in [4.69, 9.17) is 18.9 Å². The molecular formula is C24H27N3O3. The van der Waals surface area contributed by atoms with Crippen LogP contribution in [0.5, 0.6) is 5.75 Å². The number of aromatic nitrogens is 1. The first kappa shape index (κ1) is 18.2. The van der Waals surface area contributed by atoms with E-state index in [9.17, 15) is 0 Å². The van der Waals surface area contributed by atoms with Gasteiger partial charge in [0.15, 0.2) is 11.5 Å². The summed E-state index contributed by atoms with van der Waals surface area (Å²) in [5.41, 5.74) is 3.97. The molecule has 3 heterocycles. The number of rotatable bonds is 4. The normalized spacial score (nSPS) is 26.9. The van der Waals surface area contributed by atoms with E-state index in [-0.39, 0.29) is 18.2 Å². The van der Waals surface area contributed by atoms with E-state index in [1.54, 1.807) is 0 Å². The first-order valence-corrected chi connectivity index (χ1v) is 11.0. The van der Waals surface area contributed by atoms with Gasteiger partial charge in [0.1, 0.15) is 17.9 Å². The molecule has 0 amide bonds. The fourth-order valence-corrected chi connectivity index (χ4v) is 4.74. The van der Waals surface area contributed by atoms with Crippen LogP contribution >= 0.6 is 0 Å². The van der Waals surface area contributed by atoms with E-state index >= 15 is 0 Å². The smallest absolute Gasteiger partial charge is 0.198 e. The minimum absolute atomic E-state index is 0.0975. The van der Waals surface area contributed by atoms with Gasteiger partial charge in [0, 0.05) is 24.6 Å². The molecule has 0 radical (unpaired) electrons. The fraction of sp³-hybridized carbons (Fsp3) is 0.458. The zero-order valence-electron chi connectivity index (χ0n) is 17.2. The number of hydrogen-bond acceptors (Lipinski definition) is 6. The van der Waals surface area contributed by atoms with E-state index in [1.807, 2.05) is 12.1 Å². The van der Waals surface area contributed by atoms with E-state index in [0.29, 0.717) is 12.5 Å². The van der Waals surface area contributed by atoms with Crippen LogP contribution in [0.1, 0.15) is 43.2 Å². The number of nitrogens with zero attached hydrogens (tertiary/aromatic N) is 2. The lowest BCUT2D eigenvalue weighted by Gasteiger charge is -2.43. The maximum absolute atomic E-state index is 6.21. The van der Waals surface area contributed by atoms with Crippen LogP contribution in [-0.2, 0) is 4.74 Å². The van der Waals surface area contributed by atoms with Crippen LogP contribution in [0, 0.1) is 0 Å². The van der Waals surface area contributed by atoms with Gasteiger partial charge in [0.2, 0.25) is 0 Å². The van der Waals surface area contributed by atoms with Gasteiger partial charge in [0.05, 0.1) is 30.5 Å². The van der Waals surface area contributed by atoms with Crippen molar-refractivity contribution in [2.75, 3.05) is 31.6 Å². The van der Waals surface area contributed by atoms with Gasteiger partial charge in [-0.05, 0) is 38.0 Å². The second kappa shape index (κ2) is 7.29. The molecule has 0 spiro atoms. The summed E-state index contributed by atoms with van der Waals surface area (Å²) in [5.74, 6) is 2.33. The van der Waals surface area contributed by atoms with Gasteiger partial charge in [-0.3, -0.25) is 4.90 Å². The largest absolute Gasteiger partial charge is 0.491 e. The molecule has 3 aromatic rings. The van der Waals surface area contributed by atoms with Crippen LogP contribution in [0.4, 0.5) is 5.69 Å². The fourth-order valence-electron chi connectivity index (χ4n) is 4.74. The summed E-state index contributed by atoms with van der Waals surface area (Å²) in [6.07, 6.45) is 2.59. The highest BCUT2D eigenvalue weighted by molar-refractivity contribution is 5.86. The van der Waals surface area contributed by atoms with Crippen LogP contribution in [0.2, 0.25) is 0 Å².